The molecule has 0 saturated heterocycles. The molecule has 3 heteroatoms. The van der Waals surface area contributed by atoms with E-state index in [-0.39, 0.29) is 6.09 Å². The van der Waals surface area contributed by atoms with Crippen LogP contribution in [0.1, 0.15) is 40.5 Å². The third kappa shape index (κ3) is 7.71. The van der Waals surface area contributed by atoms with Gasteiger partial charge in [0, 0.05) is 5.69 Å². The maximum atomic E-state index is 11.2. The van der Waals surface area contributed by atoms with Gasteiger partial charge < -0.3 is 4.74 Å². The molecule has 1 N–H and O–H groups in total. The van der Waals surface area contributed by atoms with Crippen LogP contribution >= 0.6 is 0 Å². The number of anilines is 1. The number of carbonyl (C=O) groups is 1. The fourth-order valence-electron chi connectivity index (χ4n) is 1.15. The maximum absolute atomic E-state index is 11.2. The Balaban J connectivity index is 0.000000659. The molecule has 1 amide bonds. The summed E-state index contributed by atoms with van der Waals surface area (Å²) in [5.74, 6) is 0.608. The first-order valence-electron chi connectivity index (χ1n) is 6.83. The van der Waals surface area contributed by atoms with Crippen LogP contribution in [-0.4, -0.2) is 12.7 Å². The van der Waals surface area contributed by atoms with Crippen LogP contribution in [0.3, 0.4) is 0 Å². The molecule has 0 unspecified atom stereocenters. The van der Waals surface area contributed by atoms with E-state index in [0.29, 0.717) is 12.5 Å². The molecule has 1 fully saturated rings. The lowest BCUT2D eigenvalue weighted by Crippen LogP contribution is -2.14. The molecule has 102 valence electrons. The van der Waals surface area contributed by atoms with Gasteiger partial charge in [-0.05, 0) is 30.9 Å². The van der Waals surface area contributed by atoms with Gasteiger partial charge >= 0.3 is 6.09 Å². The third-order valence-corrected chi connectivity index (χ3v) is 2.17. The SMILES string of the molecule is CC.CC.O=C(Nc1ccccc1)OCC1CC1. The zero-order valence-electron chi connectivity index (χ0n) is 11.9. The molecule has 1 aromatic carbocycles. The van der Waals surface area contributed by atoms with Gasteiger partial charge in [-0.2, -0.15) is 0 Å². The molecule has 0 spiro atoms. The summed E-state index contributed by atoms with van der Waals surface area (Å²) in [7, 11) is 0. The molecule has 18 heavy (non-hydrogen) atoms. The van der Waals surface area contributed by atoms with E-state index in [1.54, 1.807) is 0 Å². The zero-order chi connectivity index (χ0) is 13.8. The standard InChI is InChI=1S/C11H13NO2.2C2H6/c13-11(14-8-9-6-7-9)12-10-4-2-1-3-5-10;2*1-2/h1-5,9H,6-8H2,(H,12,13);2*1-2H3. The Morgan fingerprint density at radius 3 is 2.22 bits per heavy atom. The monoisotopic (exact) mass is 251 g/mol. The van der Waals surface area contributed by atoms with E-state index in [1.807, 2.05) is 58.0 Å². The van der Waals surface area contributed by atoms with Crippen molar-refractivity contribution in [3.8, 4) is 0 Å². The molecular formula is C15H25NO2. The minimum absolute atomic E-state index is 0.358. The number of carbonyl (C=O) groups excluding carboxylic acids is 1. The van der Waals surface area contributed by atoms with Crippen LogP contribution in [-0.2, 0) is 4.74 Å². The summed E-state index contributed by atoms with van der Waals surface area (Å²) in [6.45, 7) is 8.55. The summed E-state index contributed by atoms with van der Waals surface area (Å²) in [6.07, 6.45) is 2.03. The molecule has 1 aliphatic carbocycles. The predicted molar refractivity (Wildman–Crippen MR) is 76.8 cm³/mol. The van der Waals surface area contributed by atoms with Gasteiger partial charge in [-0.15, -0.1) is 0 Å². The van der Waals surface area contributed by atoms with E-state index in [0.717, 1.165) is 5.69 Å². The van der Waals surface area contributed by atoms with Crippen LogP contribution in [0.15, 0.2) is 30.3 Å². The first-order chi connectivity index (χ1) is 8.84. The van der Waals surface area contributed by atoms with Crippen LogP contribution in [0.5, 0.6) is 0 Å². The molecule has 2 rings (SSSR count). The van der Waals surface area contributed by atoms with Crippen LogP contribution in [0.4, 0.5) is 10.5 Å². The topological polar surface area (TPSA) is 38.3 Å². The molecule has 3 nitrogen and oxygen atoms in total. The van der Waals surface area contributed by atoms with Gasteiger partial charge in [-0.3, -0.25) is 5.32 Å². The predicted octanol–water partition coefficient (Wildman–Crippen LogP) is 4.70. The van der Waals surface area contributed by atoms with Gasteiger partial charge in [-0.25, -0.2) is 4.79 Å². The summed E-state index contributed by atoms with van der Waals surface area (Å²) in [5, 5.41) is 2.66. The van der Waals surface area contributed by atoms with Crippen molar-refractivity contribution in [3.05, 3.63) is 30.3 Å². The van der Waals surface area contributed by atoms with Crippen molar-refractivity contribution in [3.63, 3.8) is 0 Å². The first-order valence-corrected chi connectivity index (χ1v) is 6.83. The molecule has 0 aliphatic heterocycles. The highest BCUT2D eigenvalue weighted by atomic mass is 16.5. The number of benzene rings is 1. The summed E-state index contributed by atoms with van der Waals surface area (Å²) in [5.41, 5.74) is 0.772. The summed E-state index contributed by atoms with van der Waals surface area (Å²) >= 11 is 0. The molecule has 1 aliphatic rings. The second-order valence-corrected chi connectivity index (χ2v) is 3.53. The Kier molecular flexibility index (Phi) is 9.74. The van der Waals surface area contributed by atoms with Crippen LogP contribution in [0.25, 0.3) is 0 Å². The Hall–Kier alpha value is -1.51. The normalized spacial score (nSPS) is 12.2. The van der Waals surface area contributed by atoms with Crippen molar-refractivity contribution in [2.45, 2.75) is 40.5 Å². The highest BCUT2D eigenvalue weighted by Crippen LogP contribution is 2.28. The summed E-state index contributed by atoms with van der Waals surface area (Å²) in [6, 6.07) is 9.31. The number of hydrogen-bond acceptors (Lipinski definition) is 2. The summed E-state index contributed by atoms with van der Waals surface area (Å²) < 4.78 is 5.02. The van der Waals surface area contributed by atoms with Crippen molar-refractivity contribution in [2.75, 3.05) is 11.9 Å². The second kappa shape index (κ2) is 10.6. The van der Waals surface area contributed by atoms with Crippen LogP contribution < -0.4 is 5.32 Å². The van der Waals surface area contributed by atoms with Gasteiger partial charge in [0.15, 0.2) is 0 Å². The fourth-order valence-corrected chi connectivity index (χ4v) is 1.15. The largest absolute Gasteiger partial charge is 0.449 e. The average molecular weight is 251 g/mol. The Morgan fingerprint density at radius 2 is 1.72 bits per heavy atom. The smallest absolute Gasteiger partial charge is 0.411 e. The lowest BCUT2D eigenvalue weighted by molar-refractivity contribution is 0.156. The second-order valence-electron chi connectivity index (χ2n) is 3.53. The summed E-state index contributed by atoms with van der Waals surface area (Å²) in [4.78, 5) is 11.2. The molecule has 0 atom stereocenters. The van der Waals surface area contributed by atoms with Crippen LogP contribution in [0, 0.1) is 5.92 Å². The molecule has 0 aromatic heterocycles. The van der Waals surface area contributed by atoms with Crippen molar-refractivity contribution >= 4 is 11.8 Å². The van der Waals surface area contributed by atoms with E-state index in [1.165, 1.54) is 12.8 Å². The van der Waals surface area contributed by atoms with Crippen molar-refractivity contribution < 1.29 is 9.53 Å². The molecule has 1 saturated carbocycles. The molecular weight excluding hydrogens is 226 g/mol. The third-order valence-electron chi connectivity index (χ3n) is 2.17. The highest BCUT2D eigenvalue weighted by molar-refractivity contribution is 5.84. The lowest BCUT2D eigenvalue weighted by Gasteiger charge is -2.05. The number of rotatable bonds is 3. The van der Waals surface area contributed by atoms with E-state index in [2.05, 4.69) is 5.32 Å². The number of hydrogen-bond donors (Lipinski definition) is 1. The Bertz CT molecular complexity index is 308. The minimum atomic E-state index is -0.358. The average Bonchev–Trinajstić information content (AvgIpc) is 3.26. The number of amides is 1. The fraction of sp³-hybridized carbons (Fsp3) is 0.533. The molecule has 0 heterocycles. The molecule has 0 bridgehead atoms. The van der Waals surface area contributed by atoms with Crippen molar-refractivity contribution in [1.29, 1.82) is 0 Å². The van der Waals surface area contributed by atoms with Gasteiger partial charge in [0.2, 0.25) is 0 Å². The quantitative estimate of drug-likeness (QED) is 0.845. The van der Waals surface area contributed by atoms with Crippen molar-refractivity contribution in [2.24, 2.45) is 5.92 Å². The Labute approximate surface area is 111 Å². The zero-order valence-corrected chi connectivity index (χ0v) is 11.9. The van der Waals surface area contributed by atoms with E-state index in [9.17, 15) is 4.79 Å². The van der Waals surface area contributed by atoms with E-state index in [4.69, 9.17) is 4.74 Å². The van der Waals surface area contributed by atoms with Gasteiger partial charge in [0.1, 0.15) is 0 Å². The lowest BCUT2D eigenvalue weighted by atomic mass is 10.3. The van der Waals surface area contributed by atoms with Crippen molar-refractivity contribution in [1.82, 2.24) is 0 Å². The first kappa shape index (κ1) is 16.5. The number of para-hydroxylation sites is 1. The van der Waals surface area contributed by atoms with Crippen LogP contribution in [0.2, 0.25) is 0 Å². The Morgan fingerprint density at radius 1 is 1.17 bits per heavy atom. The van der Waals surface area contributed by atoms with E-state index < -0.39 is 0 Å². The minimum Gasteiger partial charge on any atom is -0.449 e. The maximum Gasteiger partial charge on any atom is 0.411 e. The van der Waals surface area contributed by atoms with Gasteiger partial charge in [0.05, 0.1) is 6.61 Å². The molecule has 1 aromatic rings. The number of nitrogens with one attached hydrogen (secondary N) is 1. The highest BCUT2D eigenvalue weighted by Gasteiger charge is 2.22. The van der Waals surface area contributed by atoms with Gasteiger partial charge in [-0.1, -0.05) is 45.9 Å². The van der Waals surface area contributed by atoms with E-state index >= 15 is 0 Å². The number of ether oxygens (including phenoxy) is 1. The molecule has 0 radical (unpaired) electrons. The van der Waals surface area contributed by atoms with Gasteiger partial charge in [0.25, 0.3) is 0 Å².